The van der Waals surface area contributed by atoms with Crippen molar-refractivity contribution >= 4 is 23.5 Å². The molecule has 0 radical (unpaired) electrons. The number of fused-ring (bicyclic) bond motifs is 1. The second-order valence-corrected chi connectivity index (χ2v) is 10.5. The van der Waals surface area contributed by atoms with E-state index >= 15 is 0 Å². The molecule has 0 bridgehead atoms. The van der Waals surface area contributed by atoms with E-state index in [0.29, 0.717) is 12.0 Å². The zero-order chi connectivity index (χ0) is 26.4. The van der Waals surface area contributed by atoms with Crippen molar-refractivity contribution in [1.82, 2.24) is 4.90 Å². The topological polar surface area (TPSA) is 66.8 Å². The van der Waals surface area contributed by atoms with E-state index < -0.39 is 11.6 Å². The first-order valence-corrected chi connectivity index (χ1v) is 13.3. The Morgan fingerprint density at radius 1 is 1.05 bits per heavy atom. The van der Waals surface area contributed by atoms with E-state index in [-0.39, 0.29) is 19.0 Å². The summed E-state index contributed by atoms with van der Waals surface area (Å²) >= 11 is 6.37. The van der Waals surface area contributed by atoms with Gasteiger partial charge in [0.2, 0.25) is 0 Å². The molecule has 1 aliphatic heterocycles. The number of carbonyl (C=O) groups excluding carboxylic acids is 1. The number of amides is 1. The highest BCUT2D eigenvalue weighted by Crippen LogP contribution is 2.37. The van der Waals surface area contributed by atoms with Crippen molar-refractivity contribution in [1.29, 1.82) is 0 Å². The summed E-state index contributed by atoms with van der Waals surface area (Å²) in [6, 6.07) is 21.3. The largest absolute Gasteiger partial charge is 0.487 e. The van der Waals surface area contributed by atoms with Gasteiger partial charge in [-0.3, -0.25) is 9.59 Å². The molecule has 0 saturated carbocycles. The Morgan fingerprint density at radius 3 is 2.49 bits per heavy atom. The van der Waals surface area contributed by atoms with E-state index in [0.717, 1.165) is 59.6 Å². The molecule has 4 rings (SSSR count). The molecule has 1 aliphatic rings. The molecule has 0 unspecified atom stereocenters. The number of rotatable bonds is 10. The van der Waals surface area contributed by atoms with Gasteiger partial charge in [0.05, 0.1) is 0 Å². The van der Waals surface area contributed by atoms with Crippen molar-refractivity contribution in [3.63, 3.8) is 0 Å². The highest BCUT2D eigenvalue weighted by Gasteiger charge is 2.33. The van der Waals surface area contributed by atoms with Crippen LogP contribution in [0.1, 0.15) is 65.7 Å². The van der Waals surface area contributed by atoms with Gasteiger partial charge in [-0.15, -0.1) is 0 Å². The molecule has 5 nitrogen and oxygen atoms in total. The molecular formula is C31H34ClNO4. The van der Waals surface area contributed by atoms with Crippen LogP contribution in [0.15, 0.2) is 66.7 Å². The zero-order valence-corrected chi connectivity index (χ0v) is 22.3. The van der Waals surface area contributed by atoms with E-state index in [2.05, 4.69) is 26.0 Å². The molecule has 0 fully saturated rings. The number of benzene rings is 3. The number of carboxylic acid groups (broad SMARTS) is 1. The summed E-state index contributed by atoms with van der Waals surface area (Å²) in [5.41, 5.74) is 4.23. The molecule has 3 aromatic carbocycles. The number of aliphatic carboxylic acids is 1. The summed E-state index contributed by atoms with van der Waals surface area (Å²) < 4.78 is 6.40. The van der Waals surface area contributed by atoms with Crippen molar-refractivity contribution in [3.05, 3.63) is 99.6 Å². The lowest BCUT2D eigenvalue weighted by Gasteiger charge is -2.36. The number of halogens is 1. The monoisotopic (exact) mass is 519 g/mol. The quantitative estimate of drug-likeness (QED) is 0.322. The van der Waals surface area contributed by atoms with E-state index in [9.17, 15) is 14.7 Å². The SMILES string of the molecule is CCCCc1ccc(CN(CC(=O)O)C(=O)c2ccc3c(c2)CC[C@](C)(Cc2ccccc2Cl)O3)cc1. The molecule has 1 atom stereocenters. The minimum absolute atomic E-state index is 0.239. The lowest BCUT2D eigenvalue weighted by molar-refractivity contribution is -0.137. The van der Waals surface area contributed by atoms with Crippen molar-refractivity contribution in [2.45, 2.75) is 64.5 Å². The predicted molar refractivity (Wildman–Crippen MR) is 146 cm³/mol. The van der Waals surface area contributed by atoms with Crippen LogP contribution in [0.4, 0.5) is 0 Å². The fourth-order valence-electron chi connectivity index (χ4n) is 4.85. The molecule has 37 heavy (non-hydrogen) atoms. The average Bonchev–Trinajstić information content (AvgIpc) is 2.88. The van der Waals surface area contributed by atoms with Crippen molar-refractivity contribution < 1.29 is 19.4 Å². The highest BCUT2D eigenvalue weighted by atomic mass is 35.5. The van der Waals surface area contributed by atoms with Gasteiger partial charge in [-0.2, -0.15) is 0 Å². The molecule has 1 heterocycles. The molecule has 1 amide bonds. The Labute approximate surface area is 224 Å². The summed E-state index contributed by atoms with van der Waals surface area (Å²) in [5.74, 6) is -0.584. The van der Waals surface area contributed by atoms with Gasteiger partial charge >= 0.3 is 5.97 Å². The normalized spacial score (nSPS) is 16.5. The van der Waals surface area contributed by atoms with E-state index in [1.807, 2.05) is 48.5 Å². The summed E-state index contributed by atoms with van der Waals surface area (Å²) in [6.07, 6.45) is 5.51. The summed E-state index contributed by atoms with van der Waals surface area (Å²) in [4.78, 5) is 26.3. The van der Waals surface area contributed by atoms with Gasteiger partial charge < -0.3 is 14.7 Å². The average molecular weight is 520 g/mol. The van der Waals surface area contributed by atoms with Crippen LogP contribution in [0, 0.1) is 0 Å². The number of carboxylic acids is 1. The Balaban J connectivity index is 1.48. The number of ether oxygens (including phenoxy) is 1. The van der Waals surface area contributed by atoms with Crippen LogP contribution in [0.3, 0.4) is 0 Å². The Kier molecular flexibility index (Phi) is 8.55. The van der Waals surface area contributed by atoms with Crippen LogP contribution in [-0.4, -0.2) is 34.0 Å². The first kappa shape index (κ1) is 26.7. The fourth-order valence-corrected chi connectivity index (χ4v) is 5.05. The third-order valence-electron chi connectivity index (χ3n) is 6.94. The second kappa shape index (κ2) is 11.8. The molecule has 0 spiro atoms. The van der Waals surface area contributed by atoms with Gasteiger partial charge in [-0.1, -0.05) is 67.4 Å². The van der Waals surface area contributed by atoms with Gasteiger partial charge in [-0.05, 0) is 79.1 Å². The van der Waals surface area contributed by atoms with Crippen LogP contribution < -0.4 is 4.74 Å². The number of nitrogens with zero attached hydrogens (tertiary/aromatic N) is 1. The predicted octanol–water partition coefficient (Wildman–Crippen LogP) is 6.74. The molecular weight excluding hydrogens is 486 g/mol. The van der Waals surface area contributed by atoms with E-state index in [1.165, 1.54) is 10.5 Å². The third-order valence-corrected chi connectivity index (χ3v) is 7.31. The standard InChI is InChI=1S/C31H34ClNO4/c1-3-4-7-22-10-12-23(13-11-22)20-33(21-29(34)35)30(36)25-14-15-28-24(18-25)16-17-31(2,37-28)19-26-8-5-6-9-27(26)32/h5-6,8-15,18H,3-4,7,16-17,19-21H2,1-2H3,(H,34,35)/t31-/m1/s1. The van der Waals surface area contributed by atoms with Crippen molar-refractivity contribution in [3.8, 4) is 5.75 Å². The van der Waals surface area contributed by atoms with Gasteiger partial charge in [0.15, 0.2) is 0 Å². The van der Waals surface area contributed by atoms with E-state index in [1.54, 1.807) is 6.07 Å². The van der Waals surface area contributed by atoms with Crippen LogP contribution in [0.2, 0.25) is 5.02 Å². The molecule has 0 aromatic heterocycles. The maximum absolute atomic E-state index is 13.4. The number of unbranched alkanes of at least 4 members (excludes halogenated alkanes) is 1. The lowest BCUT2D eigenvalue weighted by atomic mass is 9.86. The Morgan fingerprint density at radius 2 is 1.78 bits per heavy atom. The van der Waals surface area contributed by atoms with Crippen LogP contribution >= 0.6 is 11.6 Å². The van der Waals surface area contributed by atoms with E-state index in [4.69, 9.17) is 16.3 Å². The van der Waals surface area contributed by atoms with Crippen molar-refractivity contribution in [2.75, 3.05) is 6.54 Å². The first-order valence-electron chi connectivity index (χ1n) is 12.9. The van der Waals surface area contributed by atoms with Gasteiger partial charge in [0.25, 0.3) is 5.91 Å². The third kappa shape index (κ3) is 6.92. The first-order chi connectivity index (χ1) is 17.8. The number of aryl methyl sites for hydroxylation is 2. The van der Waals surface area contributed by atoms with Gasteiger partial charge in [0.1, 0.15) is 17.9 Å². The van der Waals surface area contributed by atoms with Crippen LogP contribution in [0.25, 0.3) is 0 Å². The summed E-state index contributed by atoms with van der Waals surface area (Å²) in [6.45, 7) is 4.12. The Hall–Kier alpha value is -3.31. The molecule has 3 aromatic rings. The zero-order valence-electron chi connectivity index (χ0n) is 21.5. The highest BCUT2D eigenvalue weighted by molar-refractivity contribution is 6.31. The maximum Gasteiger partial charge on any atom is 0.323 e. The van der Waals surface area contributed by atoms with Crippen molar-refractivity contribution in [2.24, 2.45) is 0 Å². The molecule has 0 saturated heterocycles. The maximum atomic E-state index is 13.4. The summed E-state index contributed by atoms with van der Waals surface area (Å²) in [7, 11) is 0. The summed E-state index contributed by atoms with van der Waals surface area (Å²) in [5, 5.41) is 10.2. The number of hydrogen-bond acceptors (Lipinski definition) is 3. The van der Waals surface area contributed by atoms with Gasteiger partial charge in [0, 0.05) is 23.6 Å². The van der Waals surface area contributed by atoms with Crippen LogP contribution in [-0.2, 0) is 30.6 Å². The molecule has 6 heteroatoms. The minimum Gasteiger partial charge on any atom is -0.487 e. The molecule has 1 N–H and O–H groups in total. The fraction of sp³-hybridized carbons (Fsp3) is 0.355. The number of hydrogen-bond donors (Lipinski definition) is 1. The van der Waals surface area contributed by atoms with Crippen LogP contribution in [0.5, 0.6) is 5.75 Å². The smallest absolute Gasteiger partial charge is 0.323 e. The molecule has 0 aliphatic carbocycles. The second-order valence-electron chi connectivity index (χ2n) is 10.1. The Bertz CT molecular complexity index is 1260. The van der Waals surface area contributed by atoms with Gasteiger partial charge in [-0.25, -0.2) is 0 Å². The lowest BCUT2D eigenvalue weighted by Crippen LogP contribution is -2.39. The minimum atomic E-state index is -1.04. The molecule has 194 valence electrons. The number of carbonyl (C=O) groups is 2.